The molecule has 0 fully saturated rings. The molecule has 0 radical (unpaired) electrons. The lowest BCUT2D eigenvalue weighted by atomic mass is 10.0. The van der Waals surface area contributed by atoms with Gasteiger partial charge in [0.2, 0.25) is 0 Å². The van der Waals surface area contributed by atoms with E-state index in [1.165, 1.54) is 0 Å². The van der Waals surface area contributed by atoms with E-state index in [0.29, 0.717) is 0 Å². The summed E-state index contributed by atoms with van der Waals surface area (Å²) in [4.78, 5) is 32.1. The fourth-order valence-electron chi connectivity index (χ4n) is 1.20. The first kappa shape index (κ1) is 11.5. The molecule has 0 saturated carbocycles. The summed E-state index contributed by atoms with van der Waals surface area (Å²) in [6.45, 7) is 0. The minimum absolute atomic E-state index is 0.375. The number of nitrogens with two attached hydrogens (primary N) is 1. The number of carboxylic acids is 3. The number of anilines is 1. The van der Waals surface area contributed by atoms with E-state index in [9.17, 15) is 14.4 Å². The summed E-state index contributed by atoms with van der Waals surface area (Å²) in [5.74, 6) is -4.45. The average molecular weight is 225 g/mol. The molecule has 0 atom stereocenters. The molecular formula is C9H7NO6. The van der Waals surface area contributed by atoms with Gasteiger partial charge in [-0.2, -0.15) is 0 Å². The maximum atomic E-state index is 10.7. The number of hydrogen-bond acceptors (Lipinski definition) is 4. The number of benzene rings is 1. The largest absolute Gasteiger partial charge is 0.478 e. The van der Waals surface area contributed by atoms with Crippen molar-refractivity contribution in [2.24, 2.45) is 0 Å². The highest BCUT2D eigenvalue weighted by Crippen LogP contribution is 2.20. The summed E-state index contributed by atoms with van der Waals surface area (Å²) in [5, 5.41) is 26.1. The summed E-state index contributed by atoms with van der Waals surface area (Å²) in [7, 11) is 0. The van der Waals surface area contributed by atoms with Crippen LogP contribution in [0, 0.1) is 0 Å². The third-order valence-electron chi connectivity index (χ3n) is 1.86. The Morgan fingerprint density at radius 3 is 1.88 bits per heavy atom. The highest BCUT2D eigenvalue weighted by molar-refractivity contribution is 6.07. The van der Waals surface area contributed by atoms with Gasteiger partial charge in [-0.15, -0.1) is 0 Å². The van der Waals surface area contributed by atoms with Crippen molar-refractivity contribution in [3.8, 4) is 0 Å². The van der Waals surface area contributed by atoms with E-state index in [0.717, 1.165) is 12.1 Å². The second-order valence-electron chi connectivity index (χ2n) is 2.90. The van der Waals surface area contributed by atoms with E-state index in [-0.39, 0.29) is 5.56 Å². The monoisotopic (exact) mass is 225 g/mol. The fraction of sp³-hybridized carbons (Fsp3) is 0. The lowest BCUT2D eigenvalue weighted by Crippen LogP contribution is -2.13. The van der Waals surface area contributed by atoms with E-state index in [1.807, 2.05) is 0 Å². The van der Waals surface area contributed by atoms with Gasteiger partial charge in [0.1, 0.15) is 0 Å². The number of hydrogen-bond donors (Lipinski definition) is 4. The van der Waals surface area contributed by atoms with Crippen LogP contribution in [0.25, 0.3) is 0 Å². The van der Waals surface area contributed by atoms with Gasteiger partial charge in [-0.25, -0.2) is 14.4 Å². The zero-order valence-corrected chi connectivity index (χ0v) is 7.80. The van der Waals surface area contributed by atoms with Crippen molar-refractivity contribution >= 4 is 23.6 Å². The minimum atomic E-state index is -1.55. The molecule has 1 rings (SSSR count). The molecule has 0 aliphatic heterocycles. The molecule has 0 spiro atoms. The van der Waals surface area contributed by atoms with Gasteiger partial charge in [-0.1, -0.05) is 0 Å². The molecular weight excluding hydrogens is 218 g/mol. The Hall–Kier alpha value is -2.57. The van der Waals surface area contributed by atoms with Crippen LogP contribution in [0.15, 0.2) is 12.1 Å². The number of carboxylic acid groups (broad SMARTS) is 3. The van der Waals surface area contributed by atoms with Gasteiger partial charge in [-0.05, 0) is 12.1 Å². The number of nitrogen functional groups attached to an aromatic ring is 1. The van der Waals surface area contributed by atoms with Gasteiger partial charge in [0.05, 0.1) is 16.7 Å². The standard InChI is InChI=1S/C9H7NO6/c10-5-2-3(7(11)12)1-4(8(13)14)6(5)9(15)16/h1-2H,10H2,(H,11,12)(H,13,14)(H,15,16). The third kappa shape index (κ3) is 1.92. The first-order valence-electron chi connectivity index (χ1n) is 3.98. The van der Waals surface area contributed by atoms with Crippen LogP contribution < -0.4 is 5.73 Å². The summed E-state index contributed by atoms with van der Waals surface area (Å²) in [6.07, 6.45) is 0. The van der Waals surface area contributed by atoms with Crippen molar-refractivity contribution in [2.45, 2.75) is 0 Å². The zero-order chi connectivity index (χ0) is 12.5. The van der Waals surface area contributed by atoms with Crippen molar-refractivity contribution in [2.75, 3.05) is 5.73 Å². The van der Waals surface area contributed by atoms with Crippen molar-refractivity contribution < 1.29 is 29.7 Å². The smallest absolute Gasteiger partial charge is 0.338 e. The van der Waals surface area contributed by atoms with E-state index in [4.69, 9.17) is 21.1 Å². The first-order chi connectivity index (χ1) is 7.34. The van der Waals surface area contributed by atoms with Crippen LogP contribution in [0.1, 0.15) is 31.1 Å². The summed E-state index contributed by atoms with van der Waals surface area (Å²) in [5.41, 5.74) is 3.26. The SMILES string of the molecule is Nc1cc(C(=O)O)cc(C(=O)O)c1C(=O)O. The summed E-state index contributed by atoms with van der Waals surface area (Å²) >= 11 is 0. The molecule has 1 aromatic rings. The molecule has 0 aliphatic rings. The Bertz CT molecular complexity index is 493. The Balaban J connectivity index is 3.58. The molecule has 16 heavy (non-hydrogen) atoms. The maximum Gasteiger partial charge on any atom is 0.338 e. The normalized spacial score (nSPS) is 9.75. The van der Waals surface area contributed by atoms with E-state index in [2.05, 4.69) is 0 Å². The Morgan fingerprint density at radius 1 is 0.938 bits per heavy atom. The van der Waals surface area contributed by atoms with Gasteiger partial charge in [0, 0.05) is 5.69 Å². The highest BCUT2D eigenvalue weighted by atomic mass is 16.4. The molecule has 7 nitrogen and oxygen atoms in total. The molecule has 5 N–H and O–H groups in total. The van der Waals surface area contributed by atoms with Crippen LogP contribution in [-0.2, 0) is 0 Å². The van der Waals surface area contributed by atoms with Gasteiger partial charge in [-0.3, -0.25) is 0 Å². The molecule has 0 aromatic heterocycles. The van der Waals surface area contributed by atoms with Crippen molar-refractivity contribution in [3.63, 3.8) is 0 Å². The molecule has 0 amide bonds. The van der Waals surface area contributed by atoms with Crippen LogP contribution in [0.3, 0.4) is 0 Å². The topological polar surface area (TPSA) is 138 Å². The van der Waals surface area contributed by atoms with Crippen LogP contribution in [0.2, 0.25) is 0 Å². The van der Waals surface area contributed by atoms with Gasteiger partial charge >= 0.3 is 17.9 Å². The molecule has 0 unspecified atom stereocenters. The van der Waals surface area contributed by atoms with E-state index < -0.39 is 34.7 Å². The Kier molecular flexibility index (Phi) is 2.80. The summed E-state index contributed by atoms with van der Waals surface area (Å²) in [6, 6.07) is 1.66. The van der Waals surface area contributed by atoms with Crippen LogP contribution >= 0.6 is 0 Å². The molecule has 7 heteroatoms. The molecule has 0 heterocycles. The van der Waals surface area contributed by atoms with Crippen LogP contribution in [-0.4, -0.2) is 33.2 Å². The first-order valence-corrected chi connectivity index (χ1v) is 3.98. The number of rotatable bonds is 3. The Labute approximate surface area is 88.7 Å². The van der Waals surface area contributed by atoms with E-state index >= 15 is 0 Å². The lowest BCUT2D eigenvalue weighted by Gasteiger charge is -2.06. The molecule has 1 aromatic carbocycles. The second kappa shape index (κ2) is 3.89. The zero-order valence-electron chi connectivity index (χ0n) is 7.80. The Morgan fingerprint density at radius 2 is 1.50 bits per heavy atom. The predicted molar refractivity (Wildman–Crippen MR) is 51.7 cm³/mol. The van der Waals surface area contributed by atoms with E-state index in [1.54, 1.807) is 0 Å². The van der Waals surface area contributed by atoms with Crippen molar-refractivity contribution in [1.29, 1.82) is 0 Å². The van der Waals surface area contributed by atoms with Gasteiger partial charge in [0.25, 0.3) is 0 Å². The average Bonchev–Trinajstić information content (AvgIpc) is 2.15. The minimum Gasteiger partial charge on any atom is -0.478 e. The van der Waals surface area contributed by atoms with Crippen LogP contribution in [0.5, 0.6) is 0 Å². The van der Waals surface area contributed by atoms with Crippen molar-refractivity contribution in [1.82, 2.24) is 0 Å². The number of aromatic carboxylic acids is 3. The number of carbonyl (C=O) groups is 3. The third-order valence-corrected chi connectivity index (χ3v) is 1.86. The lowest BCUT2D eigenvalue weighted by molar-refractivity contribution is 0.0650. The highest BCUT2D eigenvalue weighted by Gasteiger charge is 2.21. The van der Waals surface area contributed by atoms with Gasteiger partial charge in [0.15, 0.2) is 0 Å². The predicted octanol–water partition coefficient (Wildman–Crippen LogP) is 0.363. The maximum absolute atomic E-state index is 10.7. The van der Waals surface area contributed by atoms with Crippen molar-refractivity contribution in [3.05, 3.63) is 28.8 Å². The molecule has 0 aliphatic carbocycles. The molecule has 0 saturated heterocycles. The summed E-state index contributed by atoms with van der Waals surface area (Å²) < 4.78 is 0. The quantitative estimate of drug-likeness (QED) is 0.545. The van der Waals surface area contributed by atoms with Gasteiger partial charge < -0.3 is 21.1 Å². The fourth-order valence-corrected chi connectivity index (χ4v) is 1.20. The second-order valence-corrected chi connectivity index (χ2v) is 2.90. The van der Waals surface area contributed by atoms with Crippen LogP contribution in [0.4, 0.5) is 5.69 Å². The molecule has 0 bridgehead atoms. The molecule has 84 valence electrons.